The molecule has 0 aliphatic heterocycles. The zero-order valence-corrected chi connectivity index (χ0v) is 21.1. The maximum Gasteiger partial charge on any atom is 0.341 e. The minimum atomic E-state index is -1.13. The highest BCUT2D eigenvalue weighted by Gasteiger charge is 2.30. The highest BCUT2D eigenvalue weighted by molar-refractivity contribution is 5.90. The van der Waals surface area contributed by atoms with Gasteiger partial charge in [-0.15, -0.1) is 0 Å². The molecule has 0 N–H and O–H groups in total. The van der Waals surface area contributed by atoms with E-state index in [0.717, 1.165) is 25.7 Å². The molecule has 0 heterocycles. The molecule has 0 unspecified atom stereocenters. The summed E-state index contributed by atoms with van der Waals surface area (Å²) in [6.07, 6.45) is 9.69. The predicted octanol–water partition coefficient (Wildman–Crippen LogP) is 8.24. The van der Waals surface area contributed by atoms with Crippen molar-refractivity contribution in [1.82, 2.24) is 0 Å². The van der Waals surface area contributed by atoms with Gasteiger partial charge in [0.2, 0.25) is 0 Å². The summed E-state index contributed by atoms with van der Waals surface area (Å²) in [6, 6.07) is 7.82. The van der Waals surface area contributed by atoms with Crippen LogP contribution in [0.1, 0.15) is 98.5 Å². The third kappa shape index (κ3) is 5.96. The van der Waals surface area contributed by atoms with Gasteiger partial charge in [-0.1, -0.05) is 24.3 Å². The Labute approximate surface area is 211 Å². The van der Waals surface area contributed by atoms with Crippen molar-refractivity contribution in [3.8, 4) is 5.75 Å². The van der Waals surface area contributed by atoms with E-state index in [-0.39, 0.29) is 23.2 Å². The number of esters is 1. The van der Waals surface area contributed by atoms with Gasteiger partial charge in [0.1, 0.15) is 17.7 Å². The van der Waals surface area contributed by atoms with Crippen LogP contribution in [0.5, 0.6) is 5.75 Å². The first-order valence-corrected chi connectivity index (χ1v) is 13.1. The number of allylic oxidation sites excluding steroid dienone is 2. The van der Waals surface area contributed by atoms with Crippen LogP contribution >= 0.6 is 0 Å². The molecule has 0 spiro atoms. The fourth-order valence-corrected chi connectivity index (χ4v) is 5.73. The maximum absolute atomic E-state index is 14.9. The minimum absolute atomic E-state index is 0.0204. The molecule has 2 aromatic carbocycles. The molecule has 0 atom stereocenters. The molecule has 36 heavy (non-hydrogen) atoms. The summed E-state index contributed by atoms with van der Waals surface area (Å²) in [4.78, 5) is 12.7. The molecule has 6 heteroatoms. The molecule has 194 valence electrons. The summed E-state index contributed by atoms with van der Waals surface area (Å²) in [5.74, 6) is -2.22. The molecule has 4 rings (SSSR count). The first-order chi connectivity index (χ1) is 17.4. The standard InChI is InChI=1S/C30H35F3O3/c1-3-5-19-6-8-21(9-7-19)25-16-17-26(29(33)28(25)32)30(34)36-22-12-10-20(11-13-22)24-15-14-23(35-4-2)18-27(24)31/h3,5,14-22H,4,6-13H2,1-2H3/b5-3+. The van der Waals surface area contributed by atoms with Crippen molar-refractivity contribution in [2.45, 2.75) is 83.2 Å². The fourth-order valence-electron chi connectivity index (χ4n) is 5.73. The van der Waals surface area contributed by atoms with Crippen molar-refractivity contribution < 1.29 is 27.4 Å². The van der Waals surface area contributed by atoms with Crippen LogP contribution in [0.15, 0.2) is 42.5 Å². The zero-order valence-electron chi connectivity index (χ0n) is 21.1. The lowest BCUT2D eigenvalue weighted by Gasteiger charge is -2.29. The normalized spacial score (nSPS) is 24.6. The quantitative estimate of drug-likeness (QED) is 0.284. The summed E-state index contributed by atoms with van der Waals surface area (Å²) in [7, 11) is 0. The van der Waals surface area contributed by atoms with E-state index in [9.17, 15) is 18.0 Å². The Morgan fingerprint density at radius 3 is 2.17 bits per heavy atom. The Hall–Kier alpha value is -2.76. The summed E-state index contributed by atoms with van der Waals surface area (Å²) in [5.41, 5.74) is 0.617. The van der Waals surface area contributed by atoms with E-state index in [1.165, 1.54) is 12.1 Å². The van der Waals surface area contributed by atoms with Crippen molar-refractivity contribution in [1.29, 1.82) is 0 Å². The molecule has 2 aromatic rings. The SMILES string of the molecule is C/C=C/C1CCC(c2ccc(C(=O)OC3CCC(c4ccc(OCC)cc4F)CC3)c(F)c2F)CC1. The molecule has 0 aromatic heterocycles. The predicted molar refractivity (Wildman–Crippen MR) is 134 cm³/mol. The van der Waals surface area contributed by atoms with E-state index in [1.54, 1.807) is 18.2 Å². The number of rotatable bonds is 7. The lowest BCUT2D eigenvalue weighted by atomic mass is 9.78. The summed E-state index contributed by atoms with van der Waals surface area (Å²) < 4.78 is 55.3. The van der Waals surface area contributed by atoms with Gasteiger partial charge in [-0.05, 0) is 106 Å². The number of hydrogen-bond acceptors (Lipinski definition) is 3. The molecule has 2 saturated carbocycles. The number of carbonyl (C=O) groups is 1. The summed E-state index contributed by atoms with van der Waals surface area (Å²) in [5, 5.41) is 0. The van der Waals surface area contributed by atoms with Gasteiger partial charge in [0, 0.05) is 6.07 Å². The number of carbonyl (C=O) groups excluding carboxylic acids is 1. The lowest BCUT2D eigenvalue weighted by molar-refractivity contribution is 0.0188. The average molecular weight is 501 g/mol. The van der Waals surface area contributed by atoms with E-state index in [4.69, 9.17) is 9.47 Å². The van der Waals surface area contributed by atoms with Crippen LogP contribution in [-0.4, -0.2) is 18.7 Å². The van der Waals surface area contributed by atoms with Gasteiger partial charge >= 0.3 is 5.97 Å². The minimum Gasteiger partial charge on any atom is -0.494 e. The van der Waals surface area contributed by atoms with Crippen LogP contribution in [0.3, 0.4) is 0 Å². The third-order valence-electron chi connectivity index (χ3n) is 7.68. The largest absolute Gasteiger partial charge is 0.494 e. The van der Waals surface area contributed by atoms with Gasteiger partial charge in [-0.2, -0.15) is 0 Å². The Balaban J connectivity index is 1.34. The van der Waals surface area contributed by atoms with Crippen molar-refractivity contribution >= 4 is 5.97 Å². The van der Waals surface area contributed by atoms with Crippen LogP contribution in [0.4, 0.5) is 13.2 Å². The van der Waals surface area contributed by atoms with Gasteiger partial charge in [0.25, 0.3) is 0 Å². The molecular weight excluding hydrogens is 465 g/mol. The van der Waals surface area contributed by atoms with Crippen molar-refractivity contribution in [3.05, 3.63) is 76.6 Å². The van der Waals surface area contributed by atoms with Gasteiger partial charge in [-0.25, -0.2) is 18.0 Å². The Kier molecular flexibility index (Phi) is 8.76. The summed E-state index contributed by atoms with van der Waals surface area (Å²) in [6.45, 7) is 4.31. The molecule has 2 aliphatic carbocycles. The van der Waals surface area contributed by atoms with Crippen LogP contribution in [-0.2, 0) is 4.74 Å². The Morgan fingerprint density at radius 2 is 1.53 bits per heavy atom. The third-order valence-corrected chi connectivity index (χ3v) is 7.68. The van der Waals surface area contributed by atoms with Gasteiger partial charge in [0.15, 0.2) is 11.6 Å². The number of hydrogen-bond donors (Lipinski definition) is 0. The molecule has 0 bridgehead atoms. The van der Waals surface area contributed by atoms with E-state index in [0.29, 0.717) is 55.1 Å². The second-order valence-electron chi connectivity index (χ2n) is 9.96. The van der Waals surface area contributed by atoms with Gasteiger partial charge in [-0.3, -0.25) is 0 Å². The highest BCUT2D eigenvalue weighted by Crippen LogP contribution is 2.39. The van der Waals surface area contributed by atoms with Crippen LogP contribution in [0, 0.1) is 23.4 Å². The Bertz CT molecular complexity index is 1080. The molecule has 2 aliphatic rings. The first kappa shape index (κ1) is 26.3. The molecule has 0 saturated heterocycles. The number of halogens is 3. The Morgan fingerprint density at radius 1 is 0.889 bits per heavy atom. The second-order valence-corrected chi connectivity index (χ2v) is 9.96. The van der Waals surface area contributed by atoms with Crippen LogP contribution in [0.25, 0.3) is 0 Å². The van der Waals surface area contributed by atoms with E-state index < -0.39 is 23.7 Å². The van der Waals surface area contributed by atoms with Crippen molar-refractivity contribution in [2.24, 2.45) is 5.92 Å². The van der Waals surface area contributed by atoms with Crippen molar-refractivity contribution in [3.63, 3.8) is 0 Å². The summed E-state index contributed by atoms with van der Waals surface area (Å²) >= 11 is 0. The number of ether oxygens (including phenoxy) is 2. The first-order valence-electron chi connectivity index (χ1n) is 13.1. The topological polar surface area (TPSA) is 35.5 Å². The average Bonchev–Trinajstić information content (AvgIpc) is 2.87. The number of benzene rings is 2. The smallest absolute Gasteiger partial charge is 0.341 e. The highest BCUT2D eigenvalue weighted by atomic mass is 19.2. The lowest BCUT2D eigenvalue weighted by Crippen LogP contribution is -2.25. The van der Waals surface area contributed by atoms with Gasteiger partial charge in [0.05, 0.1) is 12.2 Å². The van der Waals surface area contributed by atoms with E-state index >= 15 is 0 Å². The molecule has 3 nitrogen and oxygen atoms in total. The monoisotopic (exact) mass is 500 g/mol. The van der Waals surface area contributed by atoms with E-state index in [1.807, 2.05) is 19.9 Å². The zero-order chi connectivity index (χ0) is 25.7. The second kappa shape index (κ2) is 12.0. The fraction of sp³-hybridized carbons (Fsp3) is 0.500. The van der Waals surface area contributed by atoms with Crippen LogP contribution in [0.2, 0.25) is 0 Å². The van der Waals surface area contributed by atoms with Crippen LogP contribution < -0.4 is 4.74 Å². The molecule has 0 radical (unpaired) electrons. The molecule has 0 amide bonds. The maximum atomic E-state index is 14.9. The molecular formula is C30H35F3O3. The molecule has 2 fully saturated rings. The van der Waals surface area contributed by atoms with Crippen molar-refractivity contribution in [2.75, 3.05) is 6.61 Å². The van der Waals surface area contributed by atoms with Gasteiger partial charge < -0.3 is 9.47 Å². The van der Waals surface area contributed by atoms with E-state index in [2.05, 4.69) is 6.08 Å².